The number of benzene rings is 1. The Morgan fingerprint density at radius 1 is 1.31 bits per heavy atom. The Morgan fingerprint density at radius 2 is 1.85 bits per heavy atom. The van der Waals surface area contributed by atoms with Crippen molar-refractivity contribution in [3.05, 3.63) is 18.2 Å². The molecule has 0 atom stereocenters. The van der Waals surface area contributed by atoms with Crippen molar-refractivity contribution in [2.75, 3.05) is 0 Å². The molecule has 0 saturated carbocycles. The second-order valence-electron chi connectivity index (χ2n) is 2.10. The maximum atomic E-state index is 10.6. The molecule has 1 rings (SSSR count). The number of hydrogen-bond donors (Lipinski definition) is 2. The number of rotatable bonds is 1. The standard InChI is InChI=1S/C6H6O5S.K/c7-5-2-1-4(3-6(5)8)12(9,10)11;/h1-3,7-8H,(H,9,10,11);/q;+1/p-1. The molecule has 0 radical (unpaired) electrons. The molecule has 66 valence electrons. The summed E-state index contributed by atoms with van der Waals surface area (Å²) in [6, 6.07) is 2.47. The maximum absolute atomic E-state index is 10.6. The average molecular weight is 228 g/mol. The summed E-state index contributed by atoms with van der Waals surface area (Å²) in [5.41, 5.74) is 0. The number of hydrogen-bond acceptors (Lipinski definition) is 4. The molecule has 0 aliphatic carbocycles. The van der Waals surface area contributed by atoms with E-state index in [4.69, 9.17) is 9.66 Å². The van der Waals surface area contributed by atoms with Gasteiger partial charge in [-0.15, -0.1) is 0 Å². The summed E-state index contributed by atoms with van der Waals surface area (Å²) < 4.78 is 29.3. The van der Waals surface area contributed by atoms with E-state index < -0.39 is 26.5 Å². The first kappa shape index (κ1) is 13.4. The van der Waals surface area contributed by atoms with E-state index in [0.717, 1.165) is 12.1 Å². The van der Waals surface area contributed by atoms with Crippen LogP contribution in [-0.2, 0) is 10.1 Å². The van der Waals surface area contributed by atoms with Gasteiger partial charge in [-0.2, -0.15) is 8.42 Å². The largest absolute Gasteiger partial charge is 1.00 e. The van der Waals surface area contributed by atoms with Crippen molar-refractivity contribution in [1.82, 2.24) is 0 Å². The van der Waals surface area contributed by atoms with Gasteiger partial charge in [0.1, 0.15) is 5.75 Å². The van der Waals surface area contributed by atoms with Crippen LogP contribution >= 0.6 is 0 Å². The van der Waals surface area contributed by atoms with Crippen molar-refractivity contribution in [1.29, 1.82) is 0 Å². The molecule has 0 unspecified atom stereocenters. The van der Waals surface area contributed by atoms with Crippen molar-refractivity contribution in [3.63, 3.8) is 0 Å². The molecule has 1 aromatic carbocycles. The van der Waals surface area contributed by atoms with E-state index in [1.165, 1.54) is 0 Å². The van der Waals surface area contributed by atoms with E-state index in [-0.39, 0.29) is 51.4 Å². The third kappa shape index (κ3) is 3.54. The third-order valence-electron chi connectivity index (χ3n) is 1.23. The quantitative estimate of drug-likeness (QED) is 0.388. The van der Waals surface area contributed by atoms with Crippen molar-refractivity contribution < 1.29 is 74.6 Å². The predicted octanol–water partition coefficient (Wildman–Crippen LogP) is -3.28. The minimum Gasteiger partial charge on any atom is -0.870 e. The Balaban J connectivity index is 0.00000144. The van der Waals surface area contributed by atoms with E-state index in [2.05, 4.69) is 0 Å². The van der Waals surface area contributed by atoms with Crippen LogP contribution in [-0.4, -0.2) is 18.1 Å². The molecule has 0 aromatic heterocycles. The fraction of sp³-hybridized carbons (Fsp3) is 0. The molecular formula is C6H5KO5S. The topological polar surface area (TPSA) is 97.7 Å². The first-order valence-corrected chi connectivity index (χ1v) is 4.33. The summed E-state index contributed by atoms with van der Waals surface area (Å²) in [6.07, 6.45) is 0. The zero-order valence-electron chi connectivity index (χ0n) is 6.76. The van der Waals surface area contributed by atoms with E-state index in [1.54, 1.807) is 0 Å². The Kier molecular flexibility index (Phi) is 4.87. The monoisotopic (exact) mass is 228 g/mol. The van der Waals surface area contributed by atoms with Gasteiger partial charge in [0, 0.05) is 6.07 Å². The Morgan fingerprint density at radius 3 is 2.23 bits per heavy atom. The normalized spacial score (nSPS) is 10.5. The molecule has 0 aliphatic rings. The minimum absolute atomic E-state index is 0. The van der Waals surface area contributed by atoms with Gasteiger partial charge in [0.05, 0.1) is 4.90 Å². The number of phenolic OH excluding ortho intramolecular Hbond substituents is 1. The molecule has 0 bridgehead atoms. The number of aromatic hydroxyl groups is 1. The van der Waals surface area contributed by atoms with E-state index in [0.29, 0.717) is 6.07 Å². The third-order valence-corrected chi connectivity index (χ3v) is 2.08. The Bertz CT molecular complexity index is 399. The number of phenols is 1. The van der Waals surface area contributed by atoms with Gasteiger partial charge in [0.2, 0.25) is 0 Å². The van der Waals surface area contributed by atoms with Gasteiger partial charge in [-0.05, 0) is 6.07 Å². The van der Waals surface area contributed by atoms with Gasteiger partial charge in [0.25, 0.3) is 10.1 Å². The molecule has 1 aromatic rings. The summed E-state index contributed by atoms with van der Waals surface area (Å²) in [7, 11) is -4.34. The van der Waals surface area contributed by atoms with Gasteiger partial charge in [-0.3, -0.25) is 4.55 Å². The Labute approximate surface area is 118 Å². The van der Waals surface area contributed by atoms with Crippen LogP contribution in [0.2, 0.25) is 0 Å². The van der Waals surface area contributed by atoms with E-state index in [9.17, 15) is 13.5 Å². The molecule has 0 spiro atoms. The summed E-state index contributed by atoms with van der Waals surface area (Å²) in [5.74, 6) is -1.40. The van der Waals surface area contributed by atoms with Crippen molar-refractivity contribution in [2.24, 2.45) is 0 Å². The first-order chi connectivity index (χ1) is 5.41. The van der Waals surface area contributed by atoms with Crippen LogP contribution < -0.4 is 56.5 Å². The zero-order chi connectivity index (χ0) is 9.35. The van der Waals surface area contributed by atoms with E-state index >= 15 is 0 Å². The van der Waals surface area contributed by atoms with Crippen LogP contribution in [0.1, 0.15) is 0 Å². The molecule has 0 fully saturated rings. The van der Waals surface area contributed by atoms with Crippen LogP contribution in [0.5, 0.6) is 11.5 Å². The molecule has 7 heteroatoms. The molecule has 13 heavy (non-hydrogen) atoms. The second kappa shape index (κ2) is 4.74. The van der Waals surface area contributed by atoms with Gasteiger partial charge in [-0.1, -0.05) is 11.8 Å². The first-order valence-electron chi connectivity index (χ1n) is 2.89. The molecule has 0 amide bonds. The molecule has 0 aliphatic heterocycles. The van der Waals surface area contributed by atoms with Crippen LogP contribution in [0.4, 0.5) is 0 Å². The van der Waals surface area contributed by atoms with Crippen LogP contribution in [0.3, 0.4) is 0 Å². The van der Waals surface area contributed by atoms with Crippen LogP contribution in [0, 0.1) is 0 Å². The van der Waals surface area contributed by atoms with Crippen molar-refractivity contribution in [3.8, 4) is 11.5 Å². The van der Waals surface area contributed by atoms with Crippen LogP contribution in [0.25, 0.3) is 0 Å². The fourth-order valence-corrected chi connectivity index (χ4v) is 1.16. The summed E-state index contributed by atoms with van der Waals surface area (Å²) in [5, 5.41) is 19.3. The van der Waals surface area contributed by atoms with Crippen LogP contribution in [0.15, 0.2) is 23.1 Å². The average Bonchev–Trinajstić information content (AvgIpc) is 1.92. The molecule has 5 nitrogen and oxygen atoms in total. The zero-order valence-corrected chi connectivity index (χ0v) is 10.7. The van der Waals surface area contributed by atoms with Gasteiger partial charge >= 0.3 is 51.4 Å². The van der Waals surface area contributed by atoms with E-state index in [1.807, 2.05) is 0 Å². The smallest absolute Gasteiger partial charge is 0.870 e. The summed E-state index contributed by atoms with van der Waals surface area (Å²) in [4.78, 5) is -0.500. The minimum atomic E-state index is -4.34. The molecule has 0 saturated heterocycles. The van der Waals surface area contributed by atoms with Crippen molar-refractivity contribution in [2.45, 2.75) is 4.90 Å². The molecule has 2 N–H and O–H groups in total. The van der Waals surface area contributed by atoms with Gasteiger partial charge < -0.3 is 10.2 Å². The fourth-order valence-electron chi connectivity index (χ4n) is 0.658. The SMILES string of the molecule is O=S(=O)(O)c1ccc([O-])c(O)c1.[K+]. The van der Waals surface area contributed by atoms with Crippen molar-refractivity contribution >= 4 is 10.1 Å². The Hall–Kier alpha value is 0.366. The summed E-state index contributed by atoms with van der Waals surface area (Å²) in [6.45, 7) is 0. The molecule has 0 heterocycles. The summed E-state index contributed by atoms with van der Waals surface area (Å²) >= 11 is 0. The van der Waals surface area contributed by atoms with Gasteiger partial charge in [-0.25, -0.2) is 0 Å². The predicted molar refractivity (Wildman–Crippen MR) is 37.4 cm³/mol. The molecular weight excluding hydrogens is 223 g/mol. The second-order valence-corrected chi connectivity index (χ2v) is 3.53. The maximum Gasteiger partial charge on any atom is 1.00 e. The van der Waals surface area contributed by atoms with Gasteiger partial charge in [0.15, 0.2) is 0 Å².